The van der Waals surface area contributed by atoms with Crippen LogP contribution in [0.15, 0.2) is 126 Å². The molecule has 246 valence electrons. The molecule has 1 aromatic heterocycles. The number of methoxy groups -OCH3 is 2. The first-order valence-corrected chi connectivity index (χ1v) is 15.3. The van der Waals surface area contributed by atoms with Crippen molar-refractivity contribution in [2.45, 2.75) is 36.1 Å². The molecule has 1 aliphatic heterocycles. The third kappa shape index (κ3) is 5.73. The van der Waals surface area contributed by atoms with Gasteiger partial charge in [-0.05, 0) is 35.9 Å². The first kappa shape index (κ1) is 32.6. The van der Waals surface area contributed by atoms with Crippen molar-refractivity contribution < 1.29 is 34.3 Å². The fraction of sp³-hybridized carbons (Fsp3) is 0.216. The van der Waals surface area contributed by atoms with E-state index in [1.165, 1.54) is 26.5 Å². The molecule has 11 nitrogen and oxygen atoms in total. The Morgan fingerprint density at radius 1 is 0.812 bits per heavy atom. The van der Waals surface area contributed by atoms with Gasteiger partial charge < -0.3 is 34.8 Å². The molecular formula is C37H35N3O8. The third-order valence-corrected chi connectivity index (χ3v) is 8.70. The zero-order chi connectivity index (χ0) is 33.8. The molecule has 1 amide bonds. The van der Waals surface area contributed by atoms with Crippen molar-refractivity contribution in [1.82, 2.24) is 9.55 Å². The van der Waals surface area contributed by atoms with Crippen molar-refractivity contribution in [3.63, 3.8) is 0 Å². The Morgan fingerprint density at radius 3 is 1.92 bits per heavy atom. The Morgan fingerprint density at radius 2 is 1.35 bits per heavy atom. The molecule has 0 saturated carbocycles. The zero-order valence-corrected chi connectivity index (χ0v) is 26.2. The predicted molar refractivity (Wildman–Crippen MR) is 177 cm³/mol. The Labute approximate surface area is 276 Å². The van der Waals surface area contributed by atoms with E-state index >= 15 is 0 Å². The van der Waals surface area contributed by atoms with Crippen molar-refractivity contribution >= 4 is 11.7 Å². The maximum Gasteiger partial charge on any atom is 0.351 e. The van der Waals surface area contributed by atoms with Gasteiger partial charge in [0, 0.05) is 22.9 Å². The van der Waals surface area contributed by atoms with Crippen LogP contribution in [-0.2, 0) is 10.2 Å². The number of anilines is 1. The van der Waals surface area contributed by atoms with E-state index in [4.69, 9.17) is 14.2 Å². The normalized spacial score (nSPS) is 19.8. The predicted octanol–water partition coefficient (Wildman–Crippen LogP) is 3.53. The van der Waals surface area contributed by atoms with Crippen LogP contribution in [0.3, 0.4) is 0 Å². The first-order chi connectivity index (χ1) is 23.3. The standard InChI is InChI=1S/C37H35N3O8/c1-46-27-19-11-9-17-25(27)37(24-15-7-4-8-16-24,26-18-10-12-20-28(26)47-2)33(43)32-30(41)31(42)35(48-32)40-22-21-29(39-36(40)45)38-34(44)23-13-5-3-6-14-23/h3-22,30-33,35,41-43H,1-2H3,(H,38,39,44,45)/t30-,31+,32-,33?,35+/m0/s1. The highest BCUT2D eigenvalue weighted by molar-refractivity contribution is 6.03. The summed E-state index contributed by atoms with van der Waals surface area (Å²) in [5.41, 5.74) is -0.252. The molecule has 1 aliphatic rings. The molecule has 4 N–H and O–H groups in total. The van der Waals surface area contributed by atoms with Gasteiger partial charge in [0.05, 0.1) is 19.6 Å². The number of aromatic nitrogens is 2. The van der Waals surface area contributed by atoms with E-state index in [0.29, 0.717) is 33.8 Å². The van der Waals surface area contributed by atoms with Gasteiger partial charge in [-0.2, -0.15) is 4.98 Å². The van der Waals surface area contributed by atoms with E-state index in [1.807, 2.05) is 54.6 Å². The quantitative estimate of drug-likeness (QED) is 0.167. The number of rotatable bonds is 10. The molecule has 0 radical (unpaired) electrons. The Hall–Kier alpha value is -5.33. The molecular weight excluding hydrogens is 614 g/mol. The summed E-state index contributed by atoms with van der Waals surface area (Å²) in [4.78, 5) is 29.8. The number of amides is 1. The zero-order valence-electron chi connectivity index (χ0n) is 26.2. The molecule has 0 bridgehead atoms. The van der Waals surface area contributed by atoms with Gasteiger partial charge >= 0.3 is 5.69 Å². The van der Waals surface area contributed by atoms with E-state index < -0.39 is 47.7 Å². The summed E-state index contributed by atoms with van der Waals surface area (Å²) in [6.45, 7) is 0. The summed E-state index contributed by atoms with van der Waals surface area (Å²) in [5, 5.41) is 38.1. The minimum Gasteiger partial charge on any atom is -0.496 e. The summed E-state index contributed by atoms with van der Waals surface area (Å²) in [5.74, 6) is 0.431. The molecule has 1 saturated heterocycles. The van der Waals surface area contributed by atoms with Crippen LogP contribution in [0.1, 0.15) is 33.3 Å². The van der Waals surface area contributed by atoms with Crippen molar-refractivity contribution in [3.05, 3.63) is 154 Å². The van der Waals surface area contributed by atoms with Crippen LogP contribution in [0, 0.1) is 0 Å². The molecule has 0 aliphatic carbocycles. The number of nitrogens with one attached hydrogen (secondary N) is 1. The number of hydrogen-bond donors (Lipinski definition) is 4. The minimum atomic E-state index is -1.65. The molecule has 5 aromatic rings. The van der Waals surface area contributed by atoms with Gasteiger partial charge in [0.15, 0.2) is 6.23 Å². The van der Waals surface area contributed by atoms with Crippen LogP contribution in [0.2, 0.25) is 0 Å². The molecule has 4 aromatic carbocycles. The second-order valence-corrected chi connectivity index (χ2v) is 11.3. The molecule has 2 heterocycles. The van der Waals surface area contributed by atoms with E-state index in [-0.39, 0.29) is 5.82 Å². The Bertz CT molecular complexity index is 1890. The van der Waals surface area contributed by atoms with Gasteiger partial charge in [-0.3, -0.25) is 9.36 Å². The van der Waals surface area contributed by atoms with Gasteiger partial charge in [0.2, 0.25) is 0 Å². The van der Waals surface area contributed by atoms with E-state index in [1.54, 1.807) is 54.6 Å². The monoisotopic (exact) mass is 649 g/mol. The summed E-state index contributed by atoms with van der Waals surface area (Å²) < 4.78 is 18.9. The topological polar surface area (TPSA) is 152 Å². The van der Waals surface area contributed by atoms with Crippen LogP contribution in [0.4, 0.5) is 5.82 Å². The average molecular weight is 650 g/mol. The molecule has 6 rings (SSSR count). The van der Waals surface area contributed by atoms with E-state index in [0.717, 1.165) is 4.57 Å². The van der Waals surface area contributed by atoms with Gasteiger partial charge in [-0.15, -0.1) is 0 Å². The van der Waals surface area contributed by atoms with Crippen LogP contribution in [0.5, 0.6) is 11.5 Å². The van der Waals surface area contributed by atoms with Crippen LogP contribution >= 0.6 is 0 Å². The number of carbonyl (C=O) groups is 1. The third-order valence-electron chi connectivity index (χ3n) is 8.70. The van der Waals surface area contributed by atoms with Gasteiger partial charge in [-0.1, -0.05) is 84.9 Å². The van der Waals surface area contributed by atoms with Gasteiger partial charge in [0.1, 0.15) is 41.7 Å². The number of ether oxygens (including phenoxy) is 3. The van der Waals surface area contributed by atoms with Crippen LogP contribution in [0.25, 0.3) is 0 Å². The average Bonchev–Trinajstić information content (AvgIpc) is 3.42. The molecule has 0 spiro atoms. The lowest BCUT2D eigenvalue weighted by Crippen LogP contribution is -2.52. The van der Waals surface area contributed by atoms with Crippen LogP contribution < -0.4 is 20.5 Å². The lowest BCUT2D eigenvalue weighted by molar-refractivity contribution is -0.0995. The SMILES string of the molecule is COc1ccccc1C(c1ccccc1)(c1ccccc1OC)C(O)[C@H]1O[C@@H](n2ccc(NC(=O)c3ccccc3)nc2=O)[C@H](O)[C@@H]1O. The smallest absolute Gasteiger partial charge is 0.351 e. The minimum absolute atomic E-state index is 0.00911. The van der Waals surface area contributed by atoms with Crippen molar-refractivity contribution in [2.24, 2.45) is 0 Å². The van der Waals surface area contributed by atoms with Crippen molar-refractivity contribution in [3.8, 4) is 11.5 Å². The summed E-state index contributed by atoms with van der Waals surface area (Å²) in [6, 6.07) is 33.4. The molecule has 1 fully saturated rings. The number of para-hydroxylation sites is 2. The molecule has 48 heavy (non-hydrogen) atoms. The second-order valence-electron chi connectivity index (χ2n) is 11.3. The van der Waals surface area contributed by atoms with Crippen molar-refractivity contribution in [2.75, 3.05) is 19.5 Å². The van der Waals surface area contributed by atoms with E-state index in [2.05, 4.69) is 10.3 Å². The maximum atomic E-state index is 13.2. The number of nitrogens with zero attached hydrogens (tertiary/aromatic N) is 2. The van der Waals surface area contributed by atoms with Crippen molar-refractivity contribution in [1.29, 1.82) is 0 Å². The lowest BCUT2D eigenvalue weighted by atomic mass is 9.63. The molecule has 11 heteroatoms. The van der Waals surface area contributed by atoms with Gasteiger partial charge in [0.25, 0.3) is 5.91 Å². The highest BCUT2D eigenvalue weighted by atomic mass is 16.6. The maximum absolute atomic E-state index is 13.2. The highest BCUT2D eigenvalue weighted by Crippen LogP contribution is 2.51. The number of aliphatic hydroxyl groups excluding tert-OH is 3. The fourth-order valence-corrected chi connectivity index (χ4v) is 6.46. The number of benzene rings is 4. The Balaban J connectivity index is 1.43. The Kier molecular flexibility index (Phi) is 9.37. The summed E-state index contributed by atoms with van der Waals surface area (Å²) in [7, 11) is 3.05. The number of aliphatic hydroxyl groups is 3. The second kappa shape index (κ2) is 13.8. The largest absolute Gasteiger partial charge is 0.496 e. The number of carbonyl (C=O) groups excluding carboxylic acids is 1. The highest BCUT2D eigenvalue weighted by Gasteiger charge is 2.56. The molecule has 5 atom stereocenters. The van der Waals surface area contributed by atoms with E-state index in [9.17, 15) is 24.9 Å². The summed E-state index contributed by atoms with van der Waals surface area (Å²) >= 11 is 0. The lowest BCUT2D eigenvalue weighted by Gasteiger charge is -2.43. The number of hydrogen-bond acceptors (Lipinski definition) is 9. The fourth-order valence-electron chi connectivity index (χ4n) is 6.46. The van der Waals surface area contributed by atoms with Crippen LogP contribution in [-0.4, -0.2) is 69.4 Å². The summed E-state index contributed by atoms with van der Waals surface area (Å²) in [6.07, 6.45) is -6.45. The first-order valence-electron chi connectivity index (χ1n) is 15.3. The molecule has 1 unspecified atom stereocenters. The van der Waals surface area contributed by atoms with Gasteiger partial charge in [-0.25, -0.2) is 4.79 Å².